The zero-order valence-corrected chi connectivity index (χ0v) is 11.2. The van der Waals surface area contributed by atoms with Gasteiger partial charge in [-0.25, -0.2) is 0 Å². The molecule has 17 heavy (non-hydrogen) atoms. The third kappa shape index (κ3) is 2.85. The molecule has 2 saturated heterocycles. The van der Waals surface area contributed by atoms with Crippen molar-refractivity contribution in [1.82, 2.24) is 10.2 Å². The molecule has 3 aliphatic rings. The van der Waals surface area contributed by atoms with Crippen LogP contribution in [-0.4, -0.2) is 36.6 Å². The van der Waals surface area contributed by atoms with E-state index < -0.39 is 0 Å². The molecule has 1 N–H and O–H groups in total. The van der Waals surface area contributed by atoms with Crippen LogP contribution >= 0.6 is 0 Å². The lowest BCUT2D eigenvalue weighted by molar-refractivity contribution is 0.0865. The second-order valence-corrected chi connectivity index (χ2v) is 6.39. The van der Waals surface area contributed by atoms with Crippen molar-refractivity contribution in [2.45, 2.75) is 69.9 Å². The van der Waals surface area contributed by atoms with Crippen molar-refractivity contribution < 1.29 is 0 Å². The summed E-state index contributed by atoms with van der Waals surface area (Å²) in [5, 5.41) is 3.72. The van der Waals surface area contributed by atoms with Crippen molar-refractivity contribution in [2.24, 2.45) is 5.92 Å². The Morgan fingerprint density at radius 2 is 1.71 bits per heavy atom. The summed E-state index contributed by atoms with van der Waals surface area (Å²) < 4.78 is 0. The van der Waals surface area contributed by atoms with E-state index in [1.165, 1.54) is 77.4 Å². The van der Waals surface area contributed by atoms with E-state index >= 15 is 0 Å². The van der Waals surface area contributed by atoms with Crippen molar-refractivity contribution in [1.29, 1.82) is 0 Å². The predicted octanol–water partition coefficient (Wildman–Crippen LogP) is 2.78. The molecule has 0 amide bonds. The fourth-order valence-electron chi connectivity index (χ4n) is 4.26. The van der Waals surface area contributed by atoms with Gasteiger partial charge in [-0.1, -0.05) is 19.3 Å². The van der Waals surface area contributed by atoms with E-state index in [9.17, 15) is 0 Å². The number of nitrogens with one attached hydrogen (secondary N) is 1. The molecule has 0 radical (unpaired) electrons. The highest BCUT2D eigenvalue weighted by Gasteiger charge is 2.31. The Balaban J connectivity index is 1.54. The minimum absolute atomic E-state index is 0.849. The highest BCUT2D eigenvalue weighted by Crippen LogP contribution is 2.30. The van der Waals surface area contributed by atoms with Gasteiger partial charge < -0.3 is 10.2 Å². The molecule has 98 valence electrons. The first-order valence-corrected chi connectivity index (χ1v) is 7.91. The van der Waals surface area contributed by atoms with Crippen molar-refractivity contribution in [3.63, 3.8) is 0 Å². The first-order chi connectivity index (χ1) is 8.43. The van der Waals surface area contributed by atoms with Crippen LogP contribution in [0.2, 0.25) is 0 Å². The zero-order valence-electron chi connectivity index (χ0n) is 11.2. The van der Waals surface area contributed by atoms with Gasteiger partial charge in [0.15, 0.2) is 0 Å². The Bertz CT molecular complexity index is 229. The SMILES string of the molecule is C1CCC(N2CCCC(C3CCCN3)C2)CC1. The number of hydrogen-bond donors (Lipinski definition) is 1. The van der Waals surface area contributed by atoms with Crippen LogP contribution in [0.25, 0.3) is 0 Å². The molecule has 2 aliphatic heterocycles. The van der Waals surface area contributed by atoms with Gasteiger partial charge in [0, 0.05) is 18.6 Å². The summed E-state index contributed by atoms with van der Waals surface area (Å²) >= 11 is 0. The molecule has 2 nitrogen and oxygen atoms in total. The van der Waals surface area contributed by atoms with Crippen molar-refractivity contribution in [3.05, 3.63) is 0 Å². The molecule has 2 heterocycles. The Morgan fingerprint density at radius 1 is 0.824 bits per heavy atom. The van der Waals surface area contributed by atoms with E-state index in [1.807, 2.05) is 0 Å². The highest BCUT2D eigenvalue weighted by atomic mass is 15.2. The Morgan fingerprint density at radius 3 is 2.47 bits per heavy atom. The first kappa shape index (κ1) is 12.0. The molecule has 0 aromatic heterocycles. The van der Waals surface area contributed by atoms with E-state index in [4.69, 9.17) is 0 Å². The van der Waals surface area contributed by atoms with Crippen LogP contribution < -0.4 is 5.32 Å². The van der Waals surface area contributed by atoms with Crippen molar-refractivity contribution in [3.8, 4) is 0 Å². The van der Waals surface area contributed by atoms with E-state index in [0.717, 1.165) is 18.0 Å². The number of likely N-dealkylation sites (tertiary alicyclic amines) is 1. The Hall–Kier alpha value is -0.0800. The lowest BCUT2D eigenvalue weighted by Gasteiger charge is -2.41. The summed E-state index contributed by atoms with van der Waals surface area (Å²) in [6.45, 7) is 4.04. The van der Waals surface area contributed by atoms with Crippen LogP contribution in [0, 0.1) is 5.92 Å². The smallest absolute Gasteiger partial charge is 0.0108 e. The van der Waals surface area contributed by atoms with Crippen LogP contribution in [0.3, 0.4) is 0 Å². The van der Waals surface area contributed by atoms with Crippen LogP contribution in [-0.2, 0) is 0 Å². The molecule has 0 aromatic carbocycles. The lowest BCUT2D eigenvalue weighted by atomic mass is 9.86. The molecular weight excluding hydrogens is 208 g/mol. The number of piperidine rings is 1. The van der Waals surface area contributed by atoms with Crippen molar-refractivity contribution in [2.75, 3.05) is 19.6 Å². The minimum atomic E-state index is 0.849. The molecule has 0 spiro atoms. The van der Waals surface area contributed by atoms with Crippen LogP contribution in [0.5, 0.6) is 0 Å². The molecule has 2 heteroatoms. The molecule has 2 atom stereocenters. The normalized spacial score (nSPS) is 37.4. The maximum Gasteiger partial charge on any atom is 0.0108 e. The van der Waals surface area contributed by atoms with Gasteiger partial charge >= 0.3 is 0 Å². The Kier molecular flexibility index (Phi) is 4.02. The molecule has 0 aromatic rings. The fourth-order valence-corrected chi connectivity index (χ4v) is 4.26. The monoisotopic (exact) mass is 236 g/mol. The average molecular weight is 236 g/mol. The van der Waals surface area contributed by atoms with E-state index in [0.29, 0.717) is 0 Å². The van der Waals surface area contributed by atoms with Gasteiger partial charge in [0.25, 0.3) is 0 Å². The molecule has 2 unspecified atom stereocenters. The molecule has 3 fully saturated rings. The van der Waals surface area contributed by atoms with Crippen LogP contribution in [0.4, 0.5) is 0 Å². The summed E-state index contributed by atoms with van der Waals surface area (Å²) in [4.78, 5) is 2.84. The standard InChI is InChI=1S/C15H28N2/c1-2-7-14(8-3-1)17-11-5-6-13(12-17)15-9-4-10-16-15/h13-16H,1-12H2. The minimum Gasteiger partial charge on any atom is -0.314 e. The topological polar surface area (TPSA) is 15.3 Å². The average Bonchev–Trinajstić information content (AvgIpc) is 2.94. The number of hydrogen-bond acceptors (Lipinski definition) is 2. The molecule has 1 aliphatic carbocycles. The number of rotatable bonds is 2. The Labute approximate surface area is 106 Å². The van der Waals surface area contributed by atoms with Gasteiger partial charge in [-0.2, -0.15) is 0 Å². The summed E-state index contributed by atoms with van der Waals surface area (Å²) in [6.07, 6.45) is 13.2. The second-order valence-electron chi connectivity index (χ2n) is 6.39. The second kappa shape index (κ2) is 5.71. The first-order valence-electron chi connectivity index (χ1n) is 7.91. The van der Waals surface area contributed by atoms with Gasteiger partial charge in [0.1, 0.15) is 0 Å². The van der Waals surface area contributed by atoms with Gasteiger partial charge in [-0.05, 0) is 57.5 Å². The molecular formula is C15H28N2. The van der Waals surface area contributed by atoms with Crippen LogP contribution in [0.15, 0.2) is 0 Å². The largest absolute Gasteiger partial charge is 0.314 e. The lowest BCUT2D eigenvalue weighted by Crippen LogP contribution is -2.48. The molecule has 0 bridgehead atoms. The fraction of sp³-hybridized carbons (Fsp3) is 1.00. The summed E-state index contributed by atoms with van der Waals surface area (Å²) in [7, 11) is 0. The van der Waals surface area contributed by atoms with Gasteiger partial charge in [-0.3, -0.25) is 0 Å². The van der Waals surface area contributed by atoms with Gasteiger partial charge in [0.05, 0.1) is 0 Å². The maximum atomic E-state index is 3.72. The third-order valence-electron chi connectivity index (χ3n) is 5.25. The molecule has 1 saturated carbocycles. The highest BCUT2D eigenvalue weighted by molar-refractivity contribution is 4.88. The van der Waals surface area contributed by atoms with Crippen molar-refractivity contribution >= 4 is 0 Å². The van der Waals surface area contributed by atoms with E-state index in [1.54, 1.807) is 0 Å². The third-order valence-corrected chi connectivity index (χ3v) is 5.25. The summed E-state index contributed by atoms with van der Waals surface area (Å²) in [6, 6.07) is 1.79. The molecule has 3 rings (SSSR count). The summed E-state index contributed by atoms with van der Waals surface area (Å²) in [5.41, 5.74) is 0. The predicted molar refractivity (Wildman–Crippen MR) is 72.2 cm³/mol. The zero-order chi connectivity index (χ0) is 11.5. The van der Waals surface area contributed by atoms with Gasteiger partial charge in [-0.15, -0.1) is 0 Å². The quantitative estimate of drug-likeness (QED) is 0.793. The number of nitrogens with zero attached hydrogens (tertiary/aromatic N) is 1. The van der Waals surface area contributed by atoms with Crippen LogP contribution in [0.1, 0.15) is 57.8 Å². The summed E-state index contributed by atoms with van der Waals surface area (Å²) in [5.74, 6) is 0.952. The maximum absolute atomic E-state index is 3.72. The van der Waals surface area contributed by atoms with E-state index in [-0.39, 0.29) is 0 Å². The van der Waals surface area contributed by atoms with E-state index in [2.05, 4.69) is 10.2 Å². The van der Waals surface area contributed by atoms with Gasteiger partial charge in [0.2, 0.25) is 0 Å².